The predicted octanol–water partition coefficient (Wildman–Crippen LogP) is -0.0599. The lowest BCUT2D eigenvalue weighted by Crippen LogP contribution is -2.15. The molecule has 0 saturated carbocycles. The van der Waals surface area contributed by atoms with E-state index in [0.717, 1.165) is 0 Å². The van der Waals surface area contributed by atoms with E-state index in [1.54, 1.807) is 18.0 Å². The van der Waals surface area contributed by atoms with Crippen molar-refractivity contribution in [2.75, 3.05) is 7.11 Å². The van der Waals surface area contributed by atoms with Gasteiger partial charge >= 0.3 is 5.97 Å². The quantitative estimate of drug-likeness (QED) is 0.718. The molecule has 0 aliphatic carbocycles. The van der Waals surface area contributed by atoms with Crippen LogP contribution >= 0.6 is 0 Å². The van der Waals surface area contributed by atoms with E-state index in [9.17, 15) is 4.79 Å². The zero-order valence-corrected chi connectivity index (χ0v) is 8.17. The molecule has 1 rings (SSSR count). The monoisotopic (exact) mass is 199 g/mol. The summed E-state index contributed by atoms with van der Waals surface area (Å²) in [5.41, 5.74) is 0.459. The van der Waals surface area contributed by atoms with Crippen LogP contribution < -0.4 is 0 Å². The highest BCUT2D eigenvalue weighted by Gasteiger charge is 2.07. The van der Waals surface area contributed by atoms with Gasteiger partial charge in [0.1, 0.15) is 0 Å². The van der Waals surface area contributed by atoms with Crippen LogP contribution in [0, 0.1) is 0 Å². The van der Waals surface area contributed by atoms with Gasteiger partial charge in [0.05, 0.1) is 24.8 Å². The molecule has 78 valence electrons. The first kappa shape index (κ1) is 10.6. The Kier molecular flexibility index (Phi) is 3.58. The molecule has 0 saturated heterocycles. The van der Waals surface area contributed by atoms with Crippen LogP contribution in [0.15, 0.2) is 6.20 Å². The number of carboxylic acid groups (broad SMARTS) is 1. The minimum Gasteiger partial charge on any atom is -0.481 e. The topological polar surface area (TPSA) is 77.2 Å². The van der Waals surface area contributed by atoms with Gasteiger partial charge in [0.25, 0.3) is 0 Å². The molecule has 0 amide bonds. The molecule has 0 aromatic carbocycles. The summed E-state index contributed by atoms with van der Waals surface area (Å²) < 4.78 is 6.62. The fraction of sp³-hybridized carbons (Fsp3) is 0.625. The molecule has 6 nitrogen and oxygen atoms in total. The standard InChI is InChI=1S/C8H13N3O3/c1-6(14-2)4-11-5-7(9-10-11)3-8(12)13/h5-6H,3-4H2,1-2H3,(H,12,13). The molecule has 6 heteroatoms. The predicted molar refractivity (Wildman–Crippen MR) is 47.8 cm³/mol. The van der Waals surface area contributed by atoms with Crippen LogP contribution in [0.2, 0.25) is 0 Å². The third kappa shape index (κ3) is 3.14. The zero-order valence-electron chi connectivity index (χ0n) is 8.17. The van der Waals surface area contributed by atoms with E-state index >= 15 is 0 Å². The summed E-state index contributed by atoms with van der Waals surface area (Å²) in [6, 6.07) is 0. The number of hydrogen-bond acceptors (Lipinski definition) is 4. The minimum atomic E-state index is -0.906. The molecule has 14 heavy (non-hydrogen) atoms. The number of aromatic nitrogens is 3. The lowest BCUT2D eigenvalue weighted by atomic mass is 10.3. The fourth-order valence-corrected chi connectivity index (χ4v) is 1.00. The van der Waals surface area contributed by atoms with E-state index in [0.29, 0.717) is 12.2 Å². The first-order chi connectivity index (χ1) is 6.61. The normalized spacial score (nSPS) is 12.7. The third-order valence-corrected chi connectivity index (χ3v) is 1.76. The first-order valence-electron chi connectivity index (χ1n) is 4.25. The van der Waals surface area contributed by atoms with Crippen molar-refractivity contribution in [1.82, 2.24) is 15.0 Å². The molecule has 0 bridgehead atoms. The van der Waals surface area contributed by atoms with Crippen LogP contribution in [-0.4, -0.2) is 39.3 Å². The van der Waals surface area contributed by atoms with Gasteiger partial charge in [0, 0.05) is 13.3 Å². The molecular formula is C8H13N3O3. The summed E-state index contributed by atoms with van der Waals surface area (Å²) >= 11 is 0. The summed E-state index contributed by atoms with van der Waals surface area (Å²) in [5, 5.41) is 16.0. The average Bonchev–Trinajstić information content (AvgIpc) is 2.51. The van der Waals surface area contributed by atoms with Gasteiger partial charge < -0.3 is 9.84 Å². The molecule has 1 heterocycles. The largest absolute Gasteiger partial charge is 0.481 e. The van der Waals surface area contributed by atoms with Crippen molar-refractivity contribution in [3.05, 3.63) is 11.9 Å². The van der Waals surface area contributed by atoms with E-state index in [1.807, 2.05) is 6.92 Å². The average molecular weight is 199 g/mol. The summed E-state index contributed by atoms with van der Waals surface area (Å²) in [6.45, 7) is 2.47. The third-order valence-electron chi connectivity index (χ3n) is 1.76. The van der Waals surface area contributed by atoms with Gasteiger partial charge in [-0.15, -0.1) is 5.10 Å². The fourth-order valence-electron chi connectivity index (χ4n) is 1.00. The summed E-state index contributed by atoms with van der Waals surface area (Å²) in [5.74, 6) is -0.906. The highest BCUT2D eigenvalue weighted by molar-refractivity contribution is 5.69. The van der Waals surface area contributed by atoms with Gasteiger partial charge in [0.2, 0.25) is 0 Å². The Balaban J connectivity index is 2.54. The number of carbonyl (C=O) groups is 1. The molecule has 0 aliphatic heterocycles. The van der Waals surface area contributed by atoms with E-state index < -0.39 is 5.97 Å². The Morgan fingerprint density at radius 1 is 1.79 bits per heavy atom. The SMILES string of the molecule is COC(C)Cn1cc(CC(=O)O)nn1. The van der Waals surface area contributed by atoms with Crippen molar-refractivity contribution in [3.8, 4) is 0 Å². The second-order valence-electron chi connectivity index (χ2n) is 3.05. The molecule has 1 aromatic rings. The van der Waals surface area contributed by atoms with Crippen molar-refractivity contribution in [2.45, 2.75) is 26.0 Å². The van der Waals surface area contributed by atoms with Crippen molar-refractivity contribution in [2.24, 2.45) is 0 Å². The molecule has 1 atom stereocenters. The number of hydrogen-bond donors (Lipinski definition) is 1. The number of aliphatic carboxylic acids is 1. The van der Waals surface area contributed by atoms with E-state index in [4.69, 9.17) is 9.84 Å². The maximum absolute atomic E-state index is 10.4. The van der Waals surface area contributed by atoms with E-state index in [2.05, 4.69) is 10.3 Å². The van der Waals surface area contributed by atoms with Gasteiger partial charge in [0.15, 0.2) is 0 Å². The first-order valence-corrected chi connectivity index (χ1v) is 4.25. The summed E-state index contributed by atoms with van der Waals surface area (Å²) in [6.07, 6.45) is 1.56. The number of ether oxygens (including phenoxy) is 1. The molecule has 0 radical (unpaired) electrons. The van der Waals surface area contributed by atoms with Crippen LogP contribution in [0.3, 0.4) is 0 Å². The lowest BCUT2D eigenvalue weighted by Gasteiger charge is -2.07. The van der Waals surface area contributed by atoms with Crippen LogP contribution in [-0.2, 0) is 22.5 Å². The highest BCUT2D eigenvalue weighted by Crippen LogP contribution is 1.97. The molecule has 0 aliphatic rings. The Bertz CT molecular complexity index is 311. The molecular weight excluding hydrogens is 186 g/mol. The van der Waals surface area contributed by atoms with Crippen molar-refractivity contribution < 1.29 is 14.6 Å². The van der Waals surface area contributed by atoms with Crippen LogP contribution in [0.5, 0.6) is 0 Å². The molecule has 0 spiro atoms. The molecule has 1 N–H and O–H groups in total. The zero-order chi connectivity index (χ0) is 10.6. The second-order valence-corrected chi connectivity index (χ2v) is 3.05. The smallest absolute Gasteiger partial charge is 0.309 e. The molecule has 1 unspecified atom stereocenters. The van der Waals surface area contributed by atoms with Gasteiger partial charge in [-0.25, -0.2) is 4.68 Å². The Morgan fingerprint density at radius 3 is 3.07 bits per heavy atom. The van der Waals surface area contributed by atoms with Gasteiger partial charge in [-0.2, -0.15) is 0 Å². The van der Waals surface area contributed by atoms with Crippen LogP contribution in [0.25, 0.3) is 0 Å². The number of methoxy groups -OCH3 is 1. The van der Waals surface area contributed by atoms with Crippen molar-refractivity contribution >= 4 is 5.97 Å². The second kappa shape index (κ2) is 4.71. The summed E-state index contributed by atoms with van der Waals surface area (Å²) in [4.78, 5) is 10.4. The van der Waals surface area contributed by atoms with Crippen LogP contribution in [0.4, 0.5) is 0 Å². The van der Waals surface area contributed by atoms with Crippen molar-refractivity contribution in [1.29, 1.82) is 0 Å². The van der Waals surface area contributed by atoms with Gasteiger partial charge in [-0.3, -0.25) is 4.79 Å². The Morgan fingerprint density at radius 2 is 2.50 bits per heavy atom. The molecule has 0 fully saturated rings. The maximum atomic E-state index is 10.4. The van der Waals surface area contributed by atoms with Gasteiger partial charge in [-0.1, -0.05) is 5.21 Å². The highest BCUT2D eigenvalue weighted by atomic mass is 16.5. The van der Waals surface area contributed by atoms with Crippen LogP contribution in [0.1, 0.15) is 12.6 Å². The minimum absolute atomic E-state index is 0.0365. The summed E-state index contributed by atoms with van der Waals surface area (Å²) in [7, 11) is 1.61. The number of nitrogens with zero attached hydrogens (tertiary/aromatic N) is 3. The Hall–Kier alpha value is -1.43. The Labute approximate surface area is 81.5 Å². The number of rotatable bonds is 5. The maximum Gasteiger partial charge on any atom is 0.309 e. The van der Waals surface area contributed by atoms with E-state index in [1.165, 1.54) is 0 Å². The van der Waals surface area contributed by atoms with E-state index in [-0.39, 0.29) is 12.5 Å². The number of carboxylic acids is 1. The van der Waals surface area contributed by atoms with Gasteiger partial charge in [-0.05, 0) is 6.92 Å². The van der Waals surface area contributed by atoms with Crippen molar-refractivity contribution in [3.63, 3.8) is 0 Å². The lowest BCUT2D eigenvalue weighted by molar-refractivity contribution is -0.136. The molecule has 1 aromatic heterocycles.